The molecule has 4 amide bonds. The number of primary amides is 1. The van der Waals surface area contributed by atoms with E-state index in [1.165, 1.54) is 0 Å². The van der Waals surface area contributed by atoms with Crippen molar-refractivity contribution in [2.24, 2.45) is 11.7 Å². The van der Waals surface area contributed by atoms with E-state index in [0.29, 0.717) is 19.4 Å². The predicted molar refractivity (Wildman–Crippen MR) is 89.7 cm³/mol. The Morgan fingerprint density at radius 1 is 1.00 bits per heavy atom. The highest BCUT2D eigenvalue weighted by Crippen LogP contribution is 2.04. The Balaban J connectivity index is 4.73. The molecule has 0 aliphatic heterocycles. The first-order valence-corrected chi connectivity index (χ1v) is 8.00. The van der Waals surface area contributed by atoms with Gasteiger partial charge < -0.3 is 27.0 Å². The number of nitrogens with two attached hydrogens (primary N) is 1. The molecule has 2 atom stereocenters. The molecule has 0 unspecified atom stereocenters. The summed E-state index contributed by atoms with van der Waals surface area (Å²) in [5.41, 5.74) is 5.00. The van der Waals surface area contributed by atoms with E-state index in [2.05, 4.69) is 21.3 Å². The molecule has 0 saturated carbocycles. The van der Waals surface area contributed by atoms with Crippen LogP contribution in [0.15, 0.2) is 0 Å². The van der Waals surface area contributed by atoms with Crippen molar-refractivity contribution in [3.8, 4) is 0 Å². The van der Waals surface area contributed by atoms with E-state index in [9.17, 15) is 14.4 Å². The average Bonchev–Trinajstić information content (AvgIpc) is 2.41. The van der Waals surface area contributed by atoms with Crippen molar-refractivity contribution in [3.63, 3.8) is 0 Å². The number of urea groups is 1. The van der Waals surface area contributed by atoms with Gasteiger partial charge in [-0.15, -0.1) is 0 Å². The fourth-order valence-corrected chi connectivity index (χ4v) is 2.20. The quantitative estimate of drug-likeness (QED) is 0.352. The van der Waals surface area contributed by atoms with Gasteiger partial charge in [0.1, 0.15) is 6.04 Å². The summed E-state index contributed by atoms with van der Waals surface area (Å²) in [7, 11) is 1.71. The molecule has 0 saturated heterocycles. The molecule has 8 heteroatoms. The van der Waals surface area contributed by atoms with E-state index < -0.39 is 12.1 Å². The fraction of sp³-hybridized carbons (Fsp3) is 0.800. The Bertz CT molecular complexity index is 399. The van der Waals surface area contributed by atoms with E-state index in [4.69, 9.17) is 5.73 Å². The molecule has 0 heterocycles. The summed E-state index contributed by atoms with van der Waals surface area (Å²) in [6, 6.07) is -1.63. The van der Waals surface area contributed by atoms with Crippen LogP contribution in [0.25, 0.3) is 0 Å². The predicted octanol–water partition coefficient (Wildman–Crippen LogP) is -0.312. The van der Waals surface area contributed by atoms with Crippen molar-refractivity contribution >= 4 is 17.8 Å². The van der Waals surface area contributed by atoms with Gasteiger partial charge in [0.2, 0.25) is 11.8 Å². The van der Waals surface area contributed by atoms with Gasteiger partial charge in [-0.2, -0.15) is 0 Å². The molecule has 8 nitrogen and oxygen atoms in total. The van der Waals surface area contributed by atoms with Gasteiger partial charge in [0.25, 0.3) is 0 Å². The smallest absolute Gasteiger partial charge is 0.312 e. The average molecular weight is 329 g/mol. The maximum absolute atomic E-state index is 12.3. The molecule has 0 rings (SSSR count). The van der Waals surface area contributed by atoms with Gasteiger partial charge in [0, 0.05) is 12.6 Å². The van der Waals surface area contributed by atoms with Crippen LogP contribution in [-0.4, -0.2) is 49.6 Å². The highest BCUT2D eigenvalue weighted by molar-refractivity contribution is 5.90. The molecule has 23 heavy (non-hydrogen) atoms. The number of rotatable bonds is 10. The molecule has 0 aliphatic carbocycles. The van der Waals surface area contributed by atoms with Gasteiger partial charge in [-0.25, -0.2) is 4.79 Å². The monoisotopic (exact) mass is 329 g/mol. The number of hydrogen-bond acceptors (Lipinski definition) is 4. The third-order valence-corrected chi connectivity index (χ3v) is 3.29. The van der Waals surface area contributed by atoms with Gasteiger partial charge in [0.05, 0.1) is 6.04 Å². The summed E-state index contributed by atoms with van der Waals surface area (Å²) in [5, 5.41) is 11.0. The maximum Gasteiger partial charge on any atom is 0.312 e. The lowest BCUT2D eigenvalue weighted by Gasteiger charge is -2.24. The van der Waals surface area contributed by atoms with Gasteiger partial charge in [-0.05, 0) is 39.7 Å². The molecule has 0 radical (unpaired) electrons. The number of hydrogen-bond donors (Lipinski definition) is 5. The van der Waals surface area contributed by atoms with Gasteiger partial charge in [0.15, 0.2) is 0 Å². The standard InChI is InChI=1S/C15H31N5O3/c1-9(2)12(17-5)14(22)20-11(13(21)19-10(3)4)7-6-8-18-15(16)23/h9-12,17H,6-8H2,1-5H3,(H,19,21)(H,20,22)(H3,16,18,23)/t11-,12-/m0/s1. The molecule has 0 spiro atoms. The van der Waals surface area contributed by atoms with Crippen LogP contribution >= 0.6 is 0 Å². The molecular formula is C15H31N5O3. The van der Waals surface area contributed by atoms with E-state index in [0.717, 1.165) is 0 Å². The van der Waals surface area contributed by atoms with Crippen LogP contribution in [0.5, 0.6) is 0 Å². The topological polar surface area (TPSA) is 125 Å². The number of amides is 4. The van der Waals surface area contributed by atoms with E-state index in [1.807, 2.05) is 27.7 Å². The lowest BCUT2D eigenvalue weighted by atomic mass is 10.0. The highest BCUT2D eigenvalue weighted by atomic mass is 16.2. The minimum atomic E-state index is -0.644. The van der Waals surface area contributed by atoms with Crippen LogP contribution in [0.3, 0.4) is 0 Å². The molecule has 0 aromatic heterocycles. The third kappa shape index (κ3) is 9.02. The number of nitrogens with one attached hydrogen (secondary N) is 4. The van der Waals surface area contributed by atoms with Crippen molar-refractivity contribution in [3.05, 3.63) is 0 Å². The zero-order chi connectivity index (χ0) is 18.0. The molecule has 0 aliphatic rings. The van der Waals surface area contributed by atoms with Gasteiger partial charge >= 0.3 is 6.03 Å². The highest BCUT2D eigenvalue weighted by Gasteiger charge is 2.26. The van der Waals surface area contributed by atoms with Gasteiger partial charge in [-0.3, -0.25) is 9.59 Å². The summed E-state index contributed by atoms with van der Waals surface area (Å²) < 4.78 is 0. The summed E-state index contributed by atoms with van der Waals surface area (Å²) in [6.45, 7) is 7.93. The second-order valence-electron chi connectivity index (χ2n) is 6.17. The van der Waals surface area contributed by atoms with Crippen LogP contribution in [0.4, 0.5) is 4.79 Å². The first kappa shape index (κ1) is 21.2. The largest absolute Gasteiger partial charge is 0.352 e. The summed E-state index contributed by atoms with van der Waals surface area (Å²) in [6.07, 6.45) is 0.949. The van der Waals surface area contributed by atoms with Crippen LogP contribution < -0.4 is 27.0 Å². The van der Waals surface area contributed by atoms with Crippen molar-refractivity contribution in [1.29, 1.82) is 0 Å². The van der Waals surface area contributed by atoms with E-state index in [1.54, 1.807) is 7.05 Å². The van der Waals surface area contributed by atoms with E-state index >= 15 is 0 Å². The van der Waals surface area contributed by atoms with Crippen LogP contribution in [0.1, 0.15) is 40.5 Å². The Kier molecular flexibility index (Phi) is 9.96. The fourth-order valence-electron chi connectivity index (χ4n) is 2.20. The Hall–Kier alpha value is -1.83. The SMILES string of the molecule is CN[C@H](C(=O)N[C@@H](CCCNC(N)=O)C(=O)NC(C)C)C(C)C. The Labute approximate surface area is 138 Å². The zero-order valence-electron chi connectivity index (χ0n) is 14.7. The van der Waals surface area contributed by atoms with Crippen LogP contribution in [-0.2, 0) is 9.59 Å². The van der Waals surface area contributed by atoms with Crippen molar-refractivity contribution < 1.29 is 14.4 Å². The van der Waals surface area contributed by atoms with Crippen molar-refractivity contribution in [1.82, 2.24) is 21.3 Å². The molecule has 0 aromatic rings. The molecule has 6 N–H and O–H groups in total. The lowest BCUT2D eigenvalue weighted by Crippen LogP contribution is -2.54. The zero-order valence-corrected chi connectivity index (χ0v) is 14.7. The Morgan fingerprint density at radius 2 is 1.61 bits per heavy atom. The summed E-state index contributed by atoms with van der Waals surface area (Å²) in [5.74, 6) is -0.342. The number of carbonyl (C=O) groups is 3. The van der Waals surface area contributed by atoms with Crippen LogP contribution in [0.2, 0.25) is 0 Å². The molecule has 0 fully saturated rings. The molecule has 134 valence electrons. The first-order chi connectivity index (χ1) is 10.7. The Morgan fingerprint density at radius 3 is 2.04 bits per heavy atom. The third-order valence-electron chi connectivity index (χ3n) is 3.29. The van der Waals surface area contributed by atoms with Gasteiger partial charge in [-0.1, -0.05) is 13.8 Å². The van der Waals surface area contributed by atoms with Crippen molar-refractivity contribution in [2.75, 3.05) is 13.6 Å². The maximum atomic E-state index is 12.3. The van der Waals surface area contributed by atoms with Crippen LogP contribution in [0, 0.1) is 5.92 Å². The molecular weight excluding hydrogens is 298 g/mol. The molecule has 0 aromatic carbocycles. The van der Waals surface area contributed by atoms with Crippen molar-refractivity contribution in [2.45, 2.75) is 58.7 Å². The normalized spacial score (nSPS) is 13.5. The first-order valence-electron chi connectivity index (χ1n) is 8.00. The molecule has 0 bridgehead atoms. The number of likely N-dealkylation sites (N-methyl/N-ethyl adjacent to an activating group) is 1. The lowest BCUT2D eigenvalue weighted by molar-refractivity contribution is -0.131. The summed E-state index contributed by atoms with van der Waals surface area (Å²) >= 11 is 0. The van der Waals surface area contributed by atoms with E-state index in [-0.39, 0.29) is 29.8 Å². The minimum absolute atomic E-state index is 0.0177. The number of carbonyl (C=O) groups excluding carboxylic acids is 3. The second kappa shape index (κ2) is 10.8. The minimum Gasteiger partial charge on any atom is -0.352 e. The second-order valence-corrected chi connectivity index (χ2v) is 6.17. The summed E-state index contributed by atoms with van der Waals surface area (Å²) in [4.78, 5) is 35.2.